The summed E-state index contributed by atoms with van der Waals surface area (Å²) in [5.74, 6) is 1.48. The van der Waals surface area contributed by atoms with Gasteiger partial charge in [0, 0.05) is 12.1 Å². The van der Waals surface area contributed by atoms with Crippen molar-refractivity contribution in [3.8, 4) is 11.5 Å². The first-order chi connectivity index (χ1) is 10.3. The molecule has 0 unspecified atom stereocenters. The number of hydrogen-bond acceptors (Lipinski definition) is 3. The van der Waals surface area contributed by atoms with E-state index in [1.54, 1.807) is 0 Å². The van der Waals surface area contributed by atoms with Crippen LogP contribution in [0.1, 0.15) is 18.1 Å². The van der Waals surface area contributed by atoms with Gasteiger partial charge in [-0.25, -0.2) is 0 Å². The second-order valence-corrected chi connectivity index (χ2v) is 4.51. The highest BCUT2D eigenvalue weighted by molar-refractivity contribution is 5.49. The lowest BCUT2D eigenvalue weighted by Crippen LogP contribution is -2.05. The molecule has 0 heterocycles. The lowest BCUT2D eigenvalue weighted by atomic mass is 10.2. The van der Waals surface area contributed by atoms with E-state index in [1.807, 2.05) is 55.5 Å². The van der Waals surface area contributed by atoms with Gasteiger partial charge in [-0.3, -0.25) is 0 Å². The Kier molecular flexibility index (Phi) is 5.85. The van der Waals surface area contributed by atoms with Gasteiger partial charge in [-0.2, -0.15) is 0 Å². The summed E-state index contributed by atoms with van der Waals surface area (Å²) in [7, 11) is 0. The maximum absolute atomic E-state index is 5.84. The molecule has 0 radical (unpaired) electrons. The molecule has 21 heavy (non-hydrogen) atoms. The molecule has 0 atom stereocenters. The molecule has 0 amide bonds. The van der Waals surface area contributed by atoms with E-state index < -0.39 is 0 Å². The van der Waals surface area contributed by atoms with Gasteiger partial charge in [0.1, 0.15) is 6.61 Å². The van der Waals surface area contributed by atoms with Crippen LogP contribution in [-0.4, -0.2) is 13.2 Å². The molecule has 0 saturated carbocycles. The molecule has 110 valence electrons. The number of nitrogens with two attached hydrogens (primary N) is 1. The average Bonchev–Trinajstić information content (AvgIpc) is 2.53. The Balaban J connectivity index is 2.03. The molecular formula is C18H21NO2. The highest BCUT2D eigenvalue weighted by atomic mass is 16.5. The molecule has 0 fully saturated rings. The summed E-state index contributed by atoms with van der Waals surface area (Å²) in [4.78, 5) is 0. The summed E-state index contributed by atoms with van der Waals surface area (Å²) in [6.07, 6.45) is 4.02. The zero-order chi connectivity index (χ0) is 14.9. The zero-order valence-electron chi connectivity index (χ0n) is 12.3. The summed E-state index contributed by atoms with van der Waals surface area (Å²) in [6.45, 7) is 3.46. The lowest BCUT2D eigenvalue weighted by molar-refractivity contribution is 0.295. The van der Waals surface area contributed by atoms with Gasteiger partial charge in [0.2, 0.25) is 0 Å². The van der Waals surface area contributed by atoms with Crippen LogP contribution < -0.4 is 15.2 Å². The molecule has 0 bridgehead atoms. The van der Waals surface area contributed by atoms with E-state index in [4.69, 9.17) is 15.2 Å². The number of rotatable bonds is 7. The quantitative estimate of drug-likeness (QED) is 0.843. The Hall–Kier alpha value is -2.26. The van der Waals surface area contributed by atoms with Crippen molar-refractivity contribution < 1.29 is 9.47 Å². The van der Waals surface area contributed by atoms with Crippen LogP contribution in [0.4, 0.5) is 0 Å². The second kappa shape index (κ2) is 8.12. The first-order valence-corrected chi connectivity index (χ1v) is 7.14. The summed E-state index contributed by atoms with van der Waals surface area (Å²) in [5, 5.41) is 0. The van der Waals surface area contributed by atoms with Gasteiger partial charge >= 0.3 is 0 Å². The van der Waals surface area contributed by atoms with Crippen LogP contribution >= 0.6 is 0 Å². The third-order valence-electron chi connectivity index (χ3n) is 3.01. The average molecular weight is 283 g/mol. The number of benzene rings is 2. The van der Waals surface area contributed by atoms with Gasteiger partial charge in [-0.05, 0) is 24.6 Å². The van der Waals surface area contributed by atoms with Gasteiger partial charge in [0.25, 0.3) is 0 Å². The molecule has 0 spiro atoms. The molecule has 2 N–H and O–H groups in total. The minimum Gasteiger partial charge on any atom is -0.490 e. The van der Waals surface area contributed by atoms with Gasteiger partial charge < -0.3 is 15.2 Å². The largest absolute Gasteiger partial charge is 0.490 e. The predicted molar refractivity (Wildman–Crippen MR) is 86.5 cm³/mol. The van der Waals surface area contributed by atoms with Crippen LogP contribution in [0.15, 0.2) is 54.6 Å². The van der Waals surface area contributed by atoms with E-state index in [1.165, 1.54) is 0 Å². The van der Waals surface area contributed by atoms with E-state index in [2.05, 4.69) is 12.1 Å². The number of para-hydroxylation sites is 1. The molecule has 2 rings (SSSR count). The predicted octanol–water partition coefficient (Wildman–Crippen LogP) is 3.64. The molecule has 3 nitrogen and oxygen atoms in total. The van der Waals surface area contributed by atoms with Crippen LogP contribution in [0.5, 0.6) is 11.5 Å². The minimum absolute atomic E-state index is 0.429. The highest BCUT2D eigenvalue weighted by Gasteiger charge is 2.09. The minimum atomic E-state index is 0.429. The van der Waals surface area contributed by atoms with Crippen molar-refractivity contribution >= 4 is 6.08 Å². The van der Waals surface area contributed by atoms with Crippen LogP contribution in [0.25, 0.3) is 6.08 Å². The van der Waals surface area contributed by atoms with Crippen LogP contribution in [0.3, 0.4) is 0 Å². The number of hydrogen-bond donors (Lipinski definition) is 1. The molecule has 2 aromatic rings. The molecule has 0 aliphatic carbocycles. The number of ether oxygens (including phenoxy) is 2. The lowest BCUT2D eigenvalue weighted by Gasteiger charge is -2.14. The summed E-state index contributed by atoms with van der Waals surface area (Å²) in [5.41, 5.74) is 7.86. The van der Waals surface area contributed by atoms with Crippen molar-refractivity contribution in [2.75, 3.05) is 13.2 Å². The van der Waals surface area contributed by atoms with Gasteiger partial charge in [-0.15, -0.1) is 0 Å². The first-order valence-electron chi connectivity index (χ1n) is 7.14. The first kappa shape index (κ1) is 15.1. The summed E-state index contributed by atoms with van der Waals surface area (Å²) >= 11 is 0. The van der Waals surface area contributed by atoms with Crippen molar-refractivity contribution in [1.29, 1.82) is 0 Å². The van der Waals surface area contributed by atoms with Gasteiger partial charge in [0.15, 0.2) is 11.5 Å². The molecule has 0 aromatic heterocycles. The zero-order valence-corrected chi connectivity index (χ0v) is 12.3. The van der Waals surface area contributed by atoms with E-state index >= 15 is 0 Å². The van der Waals surface area contributed by atoms with Crippen molar-refractivity contribution in [2.24, 2.45) is 5.73 Å². The van der Waals surface area contributed by atoms with E-state index in [0.717, 1.165) is 22.6 Å². The normalized spacial score (nSPS) is 10.8. The molecule has 0 aliphatic heterocycles. The molecule has 2 aromatic carbocycles. The SMILES string of the molecule is CCOc1cccc(CN)c1OC/C=C/c1ccccc1. The van der Waals surface area contributed by atoms with Crippen molar-refractivity contribution in [3.63, 3.8) is 0 Å². The Morgan fingerprint density at radius 2 is 1.81 bits per heavy atom. The van der Waals surface area contributed by atoms with Crippen molar-refractivity contribution in [1.82, 2.24) is 0 Å². The van der Waals surface area contributed by atoms with Crippen molar-refractivity contribution in [2.45, 2.75) is 13.5 Å². The monoisotopic (exact) mass is 283 g/mol. The topological polar surface area (TPSA) is 44.5 Å². The standard InChI is InChI=1S/C18H21NO2/c1-2-20-17-12-6-11-16(14-19)18(17)21-13-7-10-15-8-4-3-5-9-15/h3-12H,2,13-14,19H2,1H3/b10-7+. The Labute approximate surface area is 126 Å². The summed E-state index contributed by atoms with van der Waals surface area (Å²) < 4.78 is 11.4. The van der Waals surface area contributed by atoms with Crippen LogP contribution in [0, 0.1) is 0 Å². The molecule has 0 saturated heterocycles. The Bertz CT molecular complexity index is 579. The van der Waals surface area contributed by atoms with E-state index in [9.17, 15) is 0 Å². The van der Waals surface area contributed by atoms with Crippen LogP contribution in [0.2, 0.25) is 0 Å². The highest BCUT2D eigenvalue weighted by Crippen LogP contribution is 2.31. The third-order valence-corrected chi connectivity index (χ3v) is 3.01. The maximum Gasteiger partial charge on any atom is 0.166 e. The maximum atomic E-state index is 5.84. The molecule has 0 aliphatic rings. The fourth-order valence-corrected chi connectivity index (χ4v) is 2.03. The third kappa shape index (κ3) is 4.36. The van der Waals surface area contributed by atoms with E-state index in [-0.39, 0.29) is 0 Å². The van der Waals surface area contributed by atoms with Crippen LogP contribution in [-0.2, 0) is 6.54 Å². The molecule has 3 heteroatoms. The Morgan fingerprint density at radius 1 is 1.00 bits per heavy atom. The van der Waals surface area contributed by atoms with Gasteiger partial charge in [0.05, 0.1) is 6.61 Å². The smallest absolute Gasteiger partial charge is 0.166 e. The summed E-state index contributed by atoms with van der Waals surface area (Å²) in [6, 6.07) is 15.9. The Morgan fingerprint density at radius 3 is 2.52 bits per heavy atom. The van der Waals surface area contributed by atoms with Gasteiger partial charge in [-0.1, -0.05) is 48.5 Å². The van der Waals surface area contributed by atoms with Crippen molar-refractivity contribution in [3.05, 3.63) is 65.7 Å². The van der Waals surface area contributed by atoms with E-state index in [0.29, 0.717) is 19.8 Å². The second-order valence-electron chi connectivity index (χ2n) is 4.51. The fraction of sp³-hybridized carbons (Fsp3) is 0.222. The molecular weight excluding hydrogens is 262 g/mol. The fourth-order valence-electron chi connectivity index (χ4n) is 2.03.